The van der Waals surface area contributed by atoms with Gasteiger partial charge in [0.05, 0.1) is 0 Å². The number of hydrogen-bond donors (Lipinski definition) is 0. The summed E-state index contributed by atoms with van der Waals surface area (Å²) in [6.45, 7) is 2.21. The quantitative estimate of drug-likeness (QED) is 0.473. The molecule has 1 aliphatic rings. The first-order valence-corrected chi connectivity index (χ1v) is 6.71. The average molecular weight is 234 g/mol. The Labute approximate surface area is 104 Å². The molecular formula is C15H22O2. The van der Waals surface area contributed by atoms with E-state index in [-0.39, 0.29) is 11.6 Å². The number of ketones is 2. The van der Waals surface area contributed by atoms with Crippen LogP contribution in [-0.2, 0) is 9.59 Å². The topological polar surface area (TPSA) is 34.1 Å². The van der Waals surface area contributed by atoms with Crippen LogP contribution in [0.2, 0.25) is 0 Å². The lowest BCUT2D eigenvalue weighted by Crippen LogP contribution is -2.07. The van der Waals surface area contributed by atoms with Crippen molar-refractivity contribution in [2.24, 2.45) is 0 Å². The smallest absolute Gasteiger partial charge is 0.182 e. The van der Waals surface area contributed by atoms with Crippen LogP contribution in [-0.4, -0.2) is 11.6 Å². The molecule has 0 amide bonds. The lowest BCUT2D eigenvalue weighted by atomic mass is 9.97. The van der Waals surface area contributed by atoms with Gasteiger partial charge in [-0.25, -0.2) is 0 Å². The van der Waals surface area contributed by atoms with Crippen LogP contribution in [0.3, 0.4) is 0 Å². The second-order valence-electron chi connectivity index (χ2n) is 4.64. The van der Waals surface area contributed by atoms with Crippen molar-refractivity contribution < 1.29 is 9.59 Å². The van der Waals surface area contributed by atoms with Gasteiger partial charge in [-0.3, -0.25) is 9.59 Å². The van der Waals surface area contributed by atoms with E-state index in [0.717, 1.165) is 19.3 Å². The summed E-state index contributed by atoms with van der Waals surface area (Å²) >= 11 is 0. The number of allylic oxidation sites excluding steroid dienone is 4. The molecule has 0 aromatic rings. The van der Waals surface area contributed by atoms with Crippen LogP contribution in [0.25, 0.3) is 0 Å². The minimum atomic E-state index is -0.0532. The van der Waals surface area contributed by atoms with E-state index in [2.05, 4.69) is 6.92 Å². The summed E-state index contributed by atoms with van der Waals surface area (Å²) < 4.78 is 0. The van der Waals surface area contributed by atoms with Crippen molar-refractivity contribution >= 4 is 11.6 Å². The highest BCUT2D eigenvalue weighted by molar-refractivity contribution is 6.17. The monoisotopic (exact) mass is 234 g/mol. The van der Waals surface area contributed by atoms with Gasteiger partial charge in [0.25, 0.3) is 0 Å². The molecule has 0 bridgehead atoms. The fraction of sp³-hybridized carbons (Fsp3) is 0.600. The van der Waals surface area contributed by atoms with Crippen LogP contribution in [0.5, 0.6) is 0 Å². The molecule has 17 heavy (non-hydrogen) atoms. The summed E-state index contributed by atoms with van der Waals surface area (Å²) in [4.78, 5) is 22.5. The van der Waals surface area contributed by atoms with E-state index in [1.54, 1.807) is 0 Å². The summed E-state index contributed by atoms with van der Waals surface area (Å²) in [5.74, 6) is -0.0434. The minimum absolute atomic E-state index is 0.00980. The van der Waals surface area contributed by atoms with Gasteiger partial charge in [0.1, 0.15) is 0 Å². The molecule has 0 atom stereocenters. The van der Waals surface area contributed by atoms with Crippen LogP contribution in [0.4, 0.5) is 0 Å². The van der Waals surface area contributed by atoms with Crippen molar-refractivity contribution in [1.82, 2.24) is 0 Å². The second kappa shape index (κ2) is 7.99. The van der Waals surface area contributed by atoms with E-state index in [1.165, 1.54) is 50.3 Å². The van der Waals surface area contributed by atoms with Crippen molar-refractivity contribution in [2.45, 2.75) is 58.3 Å². The molecule has 0 aromatic carbocycles. The van der Waals surface area contributed by atoms with Crippen LogP contribution in [0, 0.1) is 0 Å². The lowest BCUT2D eigenvalue weighted by Gasteiger charge is -2.06. The van der Waals surface area contributed by atoms with E-state index in [9.17, 15) is 9.59 Å². The maximum Gasteiger partial charge on any atom is 0.182 e. The van der Waals surface area contributed by atoms with Crippen LogP contribution in [0.15, 0.2) is 23.8 Å². The molecule has 0 N–H and O–H groups in total. The molecular weight excluding hydrogens is 212 g/mol. The second-order valence-corrected chi connectivity index (χ2v) is 4.64. The maximum absolute atomic E-state index is 11.4. The molecule has 0 radical (unpaired) electrons. The Morgan fingerprint density at radius 2 is 1.53 bits per heavy atom. The van der Waals surface area contributed by atoms with Gasteiger partial charge in [-0.15, -0.1) is 0 Å². The van der Waals surface area contributed by atoms with Gasteiger partial charge in [-0.05, 0) is 31.1 Å². The molecule has 0 aliphatic heterocycles. The Bertz CT molecular complexity index is 324. The Balaban J connectivity index is 2.10. The lowest BCUT2D eigenvalue weighted by molar-refractivity contribution is -0.114. The summed E-state index contributed by atoms with van der Waals surface area (Å²) in [6, 6.07) is 0. The van der Waals surface area contributed by atoms with E-state index in [0.29, 0.717) is 5.57 Å². The minimum Gasteiger partial charge on any atom is -0.290 e. The first-order valence-electron chi connectivity index (χ1n) is 6.71. The highest BCUT2D eigenvalue weighted by atomic mass is 16.1. The van der Waals surface area contributed by atoms with Gasteiger partial charge < -0.3 is 0 Å². The van der Waals surface area contributed by atoms with Crippen molar-refractivity contribution in [3.8, 4) is 0 Å². The summed E-state index contributed by atoms with van der Waals surface area (Å²) in [7, 11) is 0. The largest absolute Gasteiger partial charge is 0.290 e. The molecule has 0 unspecified atom stereocenters. The highest BCUT2D eigenvalue weighted by Gasteiger charge is 2.12. The van der Waals surface area contributed by atoms with Crippen LogP contribution in [0.1, 0.15) is 58.3 Å². The molecule has 1 rings (SSSR count). The fourth-order valence-electron chi connectivity index (χ4n) is 2.02. The van der Waals surface area contributed by atoms with Gasteiger partial charge in [0.2, 0.25) is 0 Å². The summed E-state index contributed by atoms with van der Waals surface area (Å²) in [5, 5.41) is 0. The van der Waals surface area contributed by atoms with E-state index in [4.69, 9.17) is 0 Å². The highest BCUT2D eigenvalue weighted by Crippen LogP contribution is 2.15. The molecule has 0 saturated carbocycles. The molecule has 0 fully saturated rings. The van der Waals surface area contributed by atoms with Gasteiger partial charge in [0.15, 0.2) is 11.6 Å². The standard InChI is InChI=1S/C15H22O2/c1-2-3-4-5-6-7-8-9-13-12-14(16)10-11-15(13)17/h10-12H,2-9H2,1H3. The zero-order valence-corrected chi connectivity index (χ0v) is 10.7. The Morgan fingerprint density at radius 1 is 0.882 bits per heavy atom. The molecule has 0 heterocycles. The van der Waals surface area contributed by atoms with E-state index in [1.807, 2.05) is 0 Å². The van der Waals surface area contributed by atoms with Gasteiger partial charge in [-0.2, -0.15) is 0 Å². The van der Waals surface area contributed by atoms with Crippen LogP contribution >= 0.6 is 0 Å². The normalized spacial score (nSPS) is 15.2. The number of unbranched alkanes of at least 4 members (excludes halogenated alkanes) is 6. The SMILES string of the molecule is CCCCCCCCCC1=CC(=O)C=CC1=O. The average Bonchev–Trinajstić information content (AvgIpc) is 2.32. The summed E-state index contributed by atoms with van der Waals surface area (Å²) in [5.41, 5.74) is 0.686. The predicted molar refractivity (Wildman–Crippen MR) is 69.8 cm³/mol. The molecule has 0 aromatic heterocycles. The first kappa shape index (κ1) is 13.9. The van der Waals surface area contributed by atoms with Crippen molar-refractivity contribution in [3.05, 3.63) is 23.8 Å². The molecule has 94 valence electrons. The number of carbonyl (C=O) groups is 2. The third-order valence-corrected chi connectivity index (χ3v) is 3.08. The number of carbonyl (C=O) groups excluding carboxylic acids is 2. The van der Waals surface area contributed by atoms with Crippen molar-refractivity contribution in [1.29, 1.82) is 0 Å². The van der Waals surface area contributed by atoms with Gasteiger partial charge in [-0.1, -0.05) is 45.4 Å². The Hall–Kier alpha value is -1.18. The predicted octanol–water partition coefficient (Wildman–Crippen LogP) is 3.76. The molecule has 2 nitrogen and oxygen atoms in total. The fourth-order valence-corrected chi connectivity index (χ4v) is 2.02. The Morgan fingerprint density at radius 3 is 2.24 bits per heavy atom. The third-order valence-electron chi connectivity index (χ3n) is 3.08. The molecule has 2 heteroatoms. The third kappa shape index (κ3) is 5.62. The zero-order chi connectivity index (χ0) is 12.5. The zero-order valence-electron chi connectivity index (χ0n) is 10.7. The summed E-state index contributed by atoms with van der Waals surface area (Å²) in [6.07, 6.45) is 13.6. The van der Waals surface area contributed by atoms with Crippen molar-refractivity contribution in [2.75, 3.05) is 0 Å². The molecule has 0 spiro atoms. The molecule has 0 saturated heterocycles. The van der Waals surface area contributed by atoms with Crippen LogP contribution < -0.4 is 0 Å². The number of hydrogen-bond acceptors (Lipinski definition) is 2. The Kier molecular flexibility index (Phi) is 6.53. The van der Waals surface area contributed by atoms with Gasteiger partial charge >= 0.3 is 0 Å². The van der Waals surface area contributed by atoms with Gasteiger partial charge in [0, 0.05) is 5.57 Å². The first-order chi connectivity index (χ1) is 8.24. The van der Waals surface area contributed by atoms with E-state index < -0.39 is 0 Å². The number of rotatable bonds is 8. The maximum atomic E-state index is 11.4. The van der Waals surface area contributed by atoms with Crippen molar-refractivity contribution in [3.63, 3.8) is 0 Å². The molecule has 1 aliphatic carbocycles. The van der Waals surface area contributed by atoms with E-state index >= 15 is 0 Å².